The van der Waals surface area contributed by atoms with Crippen LogP contribution in [-0.2, 0) is 0 Å². The molecule has 0 amide bonds. The molecule has 0 saturated heterocycles. The molecule has 3 rings (SSSR count). The molecule has 0 aromatic heterocycles. The van der Waals surface area contributed by atoms with Crippen LogP contribution in [0.2, 0.25) is 0 Å². The van der Waals surface area contributed by atoms with Gasteiger partial charge in [0.1, 0.15) is 0 Å². The molecule has 4 N–H and O–H groups in total. The molecule has 2 bridgehead atoms. The first kappa shape index (κ1) is 11.4. The number of hydrogen-bond acceptors (Lipinski definition) is 3. The fourth-order valence-corrected chi connectivity index (χ4v) is 3.72. The summed E-state index contributed by atoms with van der Waals surface area (Å²) in [7, 11) is 0. The summed E-state index contributed by atoms with van der Waals surface area (Å²) in [6.45, 7) is 8.02. The summed E-state index contributed by atoms with van der Waals surface area (Å²) in [5.74, 6) is 1.22. The summed E-state index contributed by atoms with van der Waals surface area (Å²) >= 11 is 0. The van der Waals surface area contributed by atoms with Crippen LogP contribution in [0.5, 0.6) is 0 Å². The first-order valence-electron chi connectivity index (χ1n) is 6.06. The highest BCUT2D eigenvalue weighted by atomic mass is 16.3. The van der Waals surface area contributed by atoms with E-state index in [1.165, 1.54) is 6.42 Å². The first-order chi connectivity index (χ1) is 6.90. The lowest BCUT2D eigenvalue weighted by Gasteiger charge is -2.65. The van der Waals surface area contributed by atoms with Crippen LogP contribution >= 0.6 is 0 Å². The third-order valence-electron chi connectivity index (χ3n) is 4.94. The highest BCUT2D eigenvalue weighted by Crippen LogP contribution is 2.62. The van der Waals surface area contributed by atoms with Gasteiger partial charge in [0, 0.05) is 19.1 Å². The summed E-state index contributed by atoms with van der Waals surface area (Å²) in [6, 6.07) is 0.234. The molecular weight excluding hydrogens is 188 g/mol. The van der Waals surface area contributed by atoms with Gasteiger partial charge >= 0.3 is 0 Å². The molecule has 88 valence electrons. The molecule has 0 aliphatic heterocycles. The molecule has 3 aliphatic rings. The average molecular weight is 212 g/mol. The maximum Gasteiger partial charge on any atom is 0.0805 e. The van der Waals surface area contributed by atoms with Gasteiger partial charge in [-0.05, 0) is 37.0 Å². The molecule has 3 heteroatoms. The Morgan fingerprint density at radius 3 is 2.47 bits per heavy atom. The molecular formula is C12H24N2O. The Morgan fingerprint density at radius 1 is 1.33 bits per heavy atom. The number of rotatable bonds is 3. The predicted octanol–water partition coefficient (Wildman–Crippen LogP) is 0.720. The van der Waals surface area contributed by atoms with E-state index in [0.717, 1.165) is 18.9 Å². The van der Waals surface area contributed by atoms with Gasteiger partial charge in [0.15, 0.2) is 0 Å². The standard InChI is InChI=1S/C12H24N2O/c1-11(2)8-6-9(11)12(3,15)10(7-8)14-5-4-13/h8-10,14-15H,4-7,13H2,1-3H3/t8-,9-,10+,12-/m0/s1. The molecule has 0 unspecified atom stereocenters. The number of nitrogens with two attached hydrogens (primary N) is 1. The summed E-state index contributed by atoms with van der Waals surface area (Å²) < 4.78 is 0. The van der Waals surface area contributed by atoms with Crippen molar-refractivity contribution < 1.29 is 5.11 Å². The number of hydrogen-bond donors (Lipinski definition) is 3. The van der Waals surface area contributed by atoms with Crippen molar-refractivity contribution in [2.45, 2.75) is 45.3 Å². The van der Waals surface area contributed by atoms with Gasteiger partial charge in [0.2, 0.25) is 0 Å². The van der Waals surface area contributed by atoms with E-state index in [1.54, 1.807) is 0 Å². The van der Waals surface area contributed by atoms with Crippen molar-refractivity contribution in [2.75, 3.05) is 13.1 Å². The minimum Gasteiger partial charge on any atom is -0.388 e. The van der Waals surface area contributed by atoms with Crippen LogP contribution < -0.4 is 11.1 Å². The van der Waals surface area contributed by atoms with Crippen LogP contribution in [-0.4, -0.2) is 29.8 Å². The van der Waals surface area contributed by atoms with E-state index in [-0.39, 0.29) is 6.04 Å². The van der Waals surface area contributed by atoms with E-state index in [2.05, 4.69) is 19.2 Å². The Labute approximate surface area is 92.4 Å². The van der Waals surface area contributed by atoms with Gasteiger partial charge in [0.05, 0.1) is 5.60 Å². The van der Waals surface area contributed by atoms with Crippen LogP contribution in [0.3, 0.4) is 0 Å². The Kier molecular flexibility index (Phi) is 2.61. The van der Waals surface area contributed by atoms with Gasteiger partial charge in [-0.15, -0.1) is 0 Å². The van der Waals surface area contributed by atoms with Gasteiger partial charge < -0.3 is 16.2 Å². The highest BCUT2D eigenvalue weighted by molar-refractivity contribution is 5.14. The van der Waals surface area contributed by atoms with E-state index in [9.17, 15) is 5.11 Å². The third kappa shape index (κ3) is 1.52. The highest BCUT2D eigenvalue weighted by Gasteiger charge is 2.62. The largest absolute Gasteiger partial charge is 0.388 e. The minimum atomic E-state index is -0.562. The summed E-state index contributed by atoms with van der Waals surface area (Å²) in [5, 5.41) is 14.0. The lowest BCUT2D eigenvalue weighted by atomic mass is 9.43. The van der Waals surface area contributed by atoms with Gasteiger partial charge in [-0.25, -0.2) is 0 Å². The summed E-state index contributed by atoms with van der Waals surface area (Å²) in [4.78, 5) is 0. The lowest BCUT2D eigenvalue weighted by molar-refractivity contribution is -0.208. The van der Waals surface area contributed by atoms with Gasteiger partial charge in [0.25, 0.3) is 0 Å². The second kappa shape index (κ2) is 3.44. The van der Waals surface area contributed by atoms with Crippen molar-refractivity contribution in [1.82, 2.24) is 5.32 Å². The Morgan fingerprint density at radius 2 is 2.00 bits per heavy atom. The second-order valence-corrected chi connectivity index (χ2v) is 6.06. The number of fused-ring (bicyclic) bond motifs is 2. The molecule has 4 atom stereocenters. The predicted molar refractivity (Wildman–Crippen MR) is 61.5 cm³/mol. The van der Waals surface area contributed by atoms with E-state index in [1.807, 2.05) is 6.92 Å². The monoisotopic (exact) mass is 212 g/mol. The van der Waals surface area contributed by atoms with Crippen molar-refractivity contribution in [3.8, 4) is 0 Å². The zero-order valence-electron chi connectivity index (χ0n) is 10.1. The molecule has 0 heterocycles. The zero-order chi connectivity index (χ0) is 11.3. The number of nitrogens with one attached hydrogen (secondary N) is 1. The van der Waals surface area contributed by atoms with E-state index >= 15 is 0 Å². The van der Waals surface area contributed by atoms with E-state index in [4.69, 9.17) is 5.73 Å². The Balaban J connectivity index is 2.07. The molecule has 15 heavy (non-hydrogen) atoms. The summed E-state index contributed by atoms with van der Waals surface area (Å²) in [5.41, 5.74) is 5.25. The van der Waals surface area contributed by atoms with E-state index < -0.39 is 5.60 Å². The van der Waals surface area contributed by atoms with Crippen LogP contribution in [0, 0.1) is 17.3 Å². The average Bonchev–Trinajstić information content (AvgIpc) is 2.14. The molecule has 0 spiro atoms. The van der Waals surface area contributed by atoms with Gasteiger partial charge in [-0.2, -0.15) is 0 Å². The molecule has 3 fully saturated rings. The Bertz CT molecular complexity index is 250. The smallest absolute Gasteiger partial charge is 0.0805 e. The molecule has 0 aromatic rings. The molecule has 3 saturated carbocycles. The SMILES string of the molecule is CC1(C)[C@@H]2C[C@@H](NCCN)[C@@](C)(O)[C@H]1C2. The Hall–Kier alpha value is -0.120. The second-order valence-electron chi connectivity index (χ2n) is 6.06. The fourth-order valence-electron chi connectivity index (χ4n) is 3.72. The van der Waals surface area contributed by atoms with Crippen LogP contribution in [0.25, 0.3) is 0 Å². The topological polar surface area (TPSA) is 58.3 Å². The van der Waals surface area contributed by atoms with Crippen LogP contribution in [0.1, 0.15) is 33.6 Å². The normalized spacial score (nSPS) is 47.4. The minimum absolute atomic E-state index is 0.234. The van der Waals surface area contributed by atoms with Crippen molar-refractivity contribution in [2.24, 2.45) is 23.0 Å². The van der Waals surface area contributed by atoms with Crippen molar-refractivity contribution >= 4 is 0 Å². The fraction of sp³-hybridized carbons (Fsp3) is 1.00. The van der Waals surface area contributed by atoms with Gasteiger partial charge in [-0.3, -0.25) is 0 Å². The van der Waals surface area contributed by atoms with E-state index in [0.29, 0.717) is 17.9 Å². The molecule has 0 radical (unpaired) electrons. The lowest BCUT2D eigenvalue weighted by Crippen LogP contribution is -2.69. The van der Waals surface area contributed by atoms with Crippen molar-refractivity contribution in [3.63, 3.8) is 0 Å². The van der Waals surface area contributed by atoms with Crippen LogP contribution in [0.4, 0.5) is 0 Å². The van der Waals surface area contributed by atoms with Crippen molar-refractivity contribution in [1.29, 1.82) is 0 Å². The maximum atomic E-state index is 10.6. The summed E-state index contributed by atoms with van der Waals surface area (Å²) in [6.07, 6.45) is 2.29. The molecule has 0 aromatic carbocycles. The quantitative estimate of drug-likeness (QED) is 0.646. The number of aliphatic hydroxyl groups is 1. The third-order valence-corrected chi connectivity index (χ3v) is 4.94. The zero-order valence-corrected chi connectivity index (χ0v) is 10.1. The maximum absolute atomic E-state index is 10.6. The molecule has 3 aliphatic carbocycles. The van der Waals surface area contributed by atoms with Crippen LogP contribution in [0.15, 0.2) is 0 Å². The van der Waals surface area contributed by atoms with Gasteiger partial charge in [-0.1, -0.05) is 13.8 Å². The molecule has 3 nitrogen and oxygen atoms in total. The first-order valence-corrected chi connectivity index (χ1v) is 6.06. The van der Waals surface area contributed by atoms with Crippen molar-refractivity contribution in [3.05, 3.63) is 0 Å².